The molecule has 0 bridgehead atoms. The molecule has 12 heteroatoms. The minimum atomic E-state index is -1.12. The molecule has 0 aliphatic rings. The van der Waals surface area contributed by atoms with Gasteiger partial charge in [-0.25, -0.2) is 14.4 Å². The van der Waals surface area contributed by atoms with Gasteiger partial charge in [0.15, 0.2) is 0 Å². The second-order valence-corrected chi connectivity index (χ2v) is 5.79. The molecule has 0 saturated carbocycles. The highest BCUT2D eigenvalue weighted by atomic mass is 35.5. The van der Waals surface area contributed by atoms with Crippen molar-refractivity contribution in [2.24, 2.45) is 5.11 Å². The lowest BCUT2D eigenvalue weighted by Crippen LogP contribution is -2.04. The van der Waals surface area contributed by atoms with E-state index in [2.05, 4.69) is 31.9 Å². The largest absolute Gasteiger partial charge is 0.340 e. The average Bonchev–Trinajstić information content (AvgIpc) is 2.72. The number of hydrogen-bond donors (Lipinski definition) is 1. The summed E-state index contributed by atoms with van der Waals surface area (Å²) < 4.78 is 13.4. The maximum Gasteiger partial charge on any atom is 0.281 e. The molecule has 1 heterocycles. The molecule has 1 aromatic heterocycles. The minimum Gasteiger partial charge on any atom is -0.340 e. The second-order valence-electron chi connectivity index (χ2n) is 5.23. The number of hydrogen-bond acceptors (Lipinski definition) is 6. The van der Waals surface area contributed by atoms with E-state index in [-0.39, 0.29) is 27.5 Å². The van der Waals surface area contributed by atoms with Gasteiger partial charge in [-0.2, -0.15) is 0 Å². The summed E-state index contributed by atoms with van der Waals surface area (Å²) in [7, 11) is 0. The lowest BCUT2D eigenvalue weighted by atomic mass is 10.1. The van der Waals surface area contributed by atoms with Gasteiger partial charge in [0.25, 0.3) is 11.6 Å². The summed E-state index contributed by atoms with van der Waals surface area (Å²) in [5.74, 6) is -1.64. The first-order valence-electron chi connectivity index (χ1n) is 8.43. The maximum absolute atomic E-state index is 13.4. The van der Waals surface area contributed by atoms with Crippen LogP contribution in [0, 0.1) is 10.1 Å². The fourth-order valence-electron chi connectivity index (χ4n) is 2.09. The maximum atomic E-state index is 13.4. The van der Waals surface area contributed by atoms with Crippen LogP contribution in [-0.2, 0) is 0 Å². The number of carbonyl (C=O) groups excluding carboxylic acids is 1. The van der Waals surface area contributed by atoms with Gasteiger partial charge in [0.05, 0.1) is 15.5 Å². The lowest BCUT2D eigenvalue weighted by Gasteiger charge is -2.09. The molecule has 156 valence electrons. The number of azide groups is 1. The van der Waals surface area contributed by atoms with E-state index in [1.54, 1.807) is 0 Å². The summed E-state index contributed by atoms with van der Waals surface area (Å²) in [5.41, 5.74) is 7.78. The summed E-state index contributed by atoms with van der Waals surface area (Å²) in [4.78, 5) is 32.6. The molecular formula is C18H17ClFN7O3. The summed E-state index contributed by atoms with van der Waals surface area (Å²) in [6.07, 6.45) is 3.53. The predicted octanol–water partition coefficient (Wildman–Crippen LogP) is 5.94. The molecule has 1 N–H and O–H groups in total. The number of benzene rings is 1. The number of allylic oxidation sites excluding steroid dienone is 4. The van der Waals surface area contributed by atoms with Crippen LogP contribution in [0.1, 0.15) is 31.1 Å². The van der Waals surface area contributed by atoms with E-state index in [4.69, 9.17) is 17.1 Å². The summed E-state index contributed by atoms with van der Waals surface area (Å²) in [5, 5.41) is 17.1. The van der Waals surface area contributed by atoms with Crippen LogP contribution >= 0.6 is 11.6 Å². The molecule has 30 heavy (non-hydrogen) atoms. The topological polar surface area (TPSA) is 147 Å². The molecule has 0 spiro atoms. The molecule has 1 aromatic carbocycles. The number of carbonyl (C=O) groups is 1. The molecular weight excluding hydrogens is 417 g/mol. The van der Waals surface area contributed by atoms with Crippen molar-refractivity contribution in [3.05, 3.63) is 79.9 Å². The summed E-state index contributed by atoms with van der Waals surface area (Å²) >= 11 is 5.52. The van der Waals surface area contributed by atoms with Gasteiger partial charge in [-0.05, 0) is 35.8 Å². The van der Waals surface area contributed by atoms with Gasteiger partial charge < -0.3 is 5.32 Å². The number of rotatable bonds is 6. The Morgan fingerprint density at radius 2 is 2.07 bits per heavy atom. The molecule has 1 amide bonds. The smallest absolute Gasteiger partial charge is 0.281 e. The van der Waals surface area contributed by atoms with E-state index >= 15 is 0 Å². The Balaban J connectivity index is 0.00000218. The first kappa shape index (κ1) is 24.2. The van der Waals surface area contributed by atoms with Crippen molar-refractivity contribution in [3.8, 4) is 0 Å². The Labute approximate surface area is 175 Å². The zero-order valence-electron chi connectivity index (χ0n) is 16.3. The van der Waals surface area contributed by atoms with Crippen LogP contribution < -0.4 is 5.32 Å². The number of aromatic nitrogens is 2. The van der Waals surface area contributed by atoms with Crippen LogP contribution in [0.2, 0.25) is 0 Å². The first-order chi connectivity index (χ1) is 14.2. The number of amides is 1. The predicted molar refractivity (Wildman–Crippen MR) is 113 cm³/mol. The van der Waals surface area contributed by atoms with Crippen molar-refractivity contribution in [2.45, 2.75) is 20.8 Å². The highest BCUT2D eigenvalue weighted by molar-refractivity contribution is 6.29. The third-order valence-corrected chi connectivity index (χ3v) is 3.53. The van der Waals surface area contributed by atoms with E-state index in [1.165, 1.54) is 13.0 Å². The number of fused-ring (bicyclic) bond motifs is 1. The zero-order chi connectivity index (χ0) is 22.8. The molecule has 0 radical (unpaired) electrons. The van der Waals surface area contributed by atoms with Crippen molar-refractivity contribution in [1.82, 2.24) is 9.97 Å². The Morgan fingerprint density at radius 1 is 1.40 bits per heavy atom. The Hall–Kier alpha value is -3.82. The van der Waals surface area contributed by atoms with Crippen LogP contribution in [0.3, 0.4) is 0 Å². The van der Waals surface area contributed by atoms with Crippen LogP contribution in [-0.4, -0.2) is 20.8 Å². The van der Waals surface area contributed by atoms with E-state index in [0.717, 1.165) is 24.5 Å². The Morgan fingerprint density at radius 3 is 2.63 bits per heavy atom. The van der Waals surface area contributed by atoms with E-state index in [1.807, 2.05) is 13.8 Å². The summed E-state index contributed by atoms with van der Waals surface area (Å²) in [6.45, 7) is 9.06. The molecule has 0 aliphatic heterocycles. The minimum absolute atomic E-state index is 0.0376. The third kappa shape index (κ3) is 6.09. The second kappa shape index (κ2) is 11.2. The van der Waals surface area contributed by atoms with Crippen LogP contribution in [0.25, 0.3) is 21.3 Å². The number of nitrogens with zero attached hydrogens (tertiary/aromatic N) is 6. The molecule has 10 nitrogen and oxygen atoms in total. The first-order valence-corrected chi connectivity index (χ1v) is 8.80. The molecule has 0 fully saturated rings. The highest BCUT2D eigenvalue weighted by Gasteiger charge is 2.22. The molecule has 2 rings (SSSR count). The van der Waals surface area contributed by atoms with Crippen molar-refractivity contribution >= 4 is 39.9 Å². The van der Waals surface area contributed by atoms with Crippen LogP contribution in [0.15, 0.2) is 58.9 Å². The number of anilines is 1. The van der Waals surface area contributed by atoms with Crippen molar-refractivity contribution < 1.29 is 14.1 Å². The quantitative estimate of drug-likeness (QED) is 0.149. The van der Waals surface area contributed by atoms with Gasteiger partial charge in [-0.1, -0.05) is 32.0 Å². The SMILES string of the molecule is C=C(/C=C\C(F)=C(/C)Cl)Nc1ncnc2cc(C(=O)N=[N+]=[N-])c([N+](=O)[O-])cc12.CC. The average molecular weight is 434 g/mol. The molecule has 0 unspecified atom stereocenters. The van der Waals surface area contributed by atoms with Gasteiger partial charge in [-0.3, -0.25) is 14.9 Å². The standard InChI is InChI=1S/C16H11ClFN7O3.C2H6/c1-8(3-4-12(18)9(2)17)22-15-10-6-14(25(27)28)11(16(26)23-24-19)5-13(10)20-7-21-15;1-2/h3-7H,1H2,2H3,(H,20,21,22);1-2H3/b4-3-,12-9-;. The normalized spacial score (nSPS) is 11.1. The molecule has 0 atom stereocenters. The fourth-order valence-corrected chi connectivity index (χ4v) is 2.15. The Kier molecular flexibility index (Phi) is 9.08. The van der Waals surface area contributed by atoms with Crippen molar-refractivity contribution in [3.63, 3.8) is 0 Å². The van der Waals surface area contributed by atoms with Gasteiger partial charge in [-0.15, -0.1) is 0 Å². The van der Waals surface area contributed by atoms with Crippen molar-refractivity contribution in [2.75, 3.05) is 5.32 Å². The van der Waals surface area contributed by atoms with Gasteiger partial charge in [0.1, 0.15) is 23.5 Å². The molecule has 0 aliphatic carbocycles. The molecule has 2 aromatic rings. The monoisotopic (exact) mass is 433 g/mol. The van der Waals surface area contributed by atoms with E-state index in [9.17, 15) is 19.3 Å². The highest BCUT2D eigenvalue weighted by Crippen LogP contribution is 2.29. The Bertz CT molecular complexity index is 1100. The van der Waals surface area contributed by atoms with E-state index < -0.39 is 27.9 Å². The van der Waals surface area contributed by atoms with Gasteiger partial charge >= 0.3 is 0 Å². The third-order valence-electron chi connectivity index (χ3n) is 3.35. The van der Waals surface area contributed by atoms with Crippen molar-refractivity contribution in [1.29, 1.82) is 0 Å². The number of nitro groups is 1. The zero-order valence-corrected chi connectivity index (χ0v) is 17.0. The van der Waals surface area contributed by atoms with E-state index in [0.29, 0.717) is 0 Å². The van der Waals surface area contributed by atoms with Gasteiger partial charge in [0, 0.05) is 22.1 Å². The van der Waals surface area contributed by atoms with Crippen LogP contribution in [0.5, 0.6) is 0 Å². The van der Waals surface area contributed by atoms with Crippen LogP contribution in [0.4, 0.5) is 15.9 Å². The number of halogens is 2. The van der Waals surface area contributed by atoms with Gasteiger partial charge in [0.2, 0.25) is 0 Å². The number of nitrogens with one attached hydrogen (secondary N) is 1. The molecule has 0 saturated heterocycles. The fraction of sp³-hybridized carbons (Fsp3) is 0.167. The lowest BCUT2D eigenvalue weighted by molar-refractivity contribution is -0.385. The number of nitro benzene ring substituents is 1. The summed E-state index contributed by atoms with van der Waals surface area (Å²) in [6, 6.07) is 2.19.